The molecule has 2 rings (SSSR count). The highest BCUT2D eigenvalue weighted by atomic mass is 127. The zero-order valence-electron chi connectivity index (χ0n) is 12.0. The summed E-state index contributed by atoms with van der Waals surface area (Å²) in [6, 6.07) is 9.84. The minimum atomic E-state index is -0.910. The fourth-order valence-electron chi connectivity index (χ4n) is 2.62. The summed E-state index contributed by atoms with van der Waals surface area (Å²) in [5.74, 6) is 0. The first-order chi connectivity index (χ1) is 10.2. The Labute approximate surface area is 139 Å². The molecule has 0 aromatic heterocycles. The molecule has 5 heteroatoms. The first-order valence-corrected chi connectivity index (χ1v) is 8.93. The van der Waals surface area contributed by atoms with E-state index in [-0.39, 0.29) is 18.8 Å². The maximum Gasteiger partial charge on any atom is 0.112 e. The van der Waals surface area contributed by atoms with Gasteiger partial charge >= 0.3 is 0 Å². The molecule has 21 heavy (non-hydrogen) atoms. The van der Waals surface area contributed by atoms with Gasteiger partial charge in [0.25, 0.3) is 0 Å². The highest BCUT2D eigenvalue weighted by molar-refractivity contribution is 14.1. The first-order valence-electron chi connectivity index (χ1n) is 7.40. The van der Waals surface area contributed by atoms with Crippen molar-refractivity contribution in [1.29, 1.82) is 0 Å². The zero-order valence-corrected chi connectivity index (χ0v) is 14.2. The number of halogens is 1. The Morgan fingerprint density at radius 3 is 2.71 bits per heavy atom. The van der Waals surface area contributed by atoms with Crippen molar-refractivity contribution in [2.24, 2.45) is 0 Å². The number of benzene rings is 1. The molecule has 0 radical (unpaired) electrons. The molecule has 1 heterocycles. The molecule has 0 amide bonds. The van der Waals surface area contributed by atoms with Gasteiger partial charge in [0, 0.05) is 4.43 Å². The zero-order chi connectivity index (χ0) is 15.1. The third-order valence-electron chi connectivity index (χ3n) is 3.77. The van der Waals surface area contributed by atoms with E-state index in [2.05, 4.69) is 22.6 Å². The quantitative estimate of drug-likeness (QED) is 0.539. The molecule has 1 unspecified atom stereocenters. The minimum absolute atomic E-state index is 0.149. The van der Waals surface area contributed by atoms with Crippen LogP contribution in [0.15, 0.2) is 30.3 Å². The van der Waals surface area contributed by atoms with E-state index in [1.807, 2.05) is 30.3 Å². The van der Waals surface area contributed by atoms with Gasteiger partial charge in [-0.25, -0.2) is 0 Å². The van der Waals surface area contributed by atoms with Gasteiger partial charge in [0.1, 0.15) is 12.2 Å². The summed E-state index contributed by atoms with van der Waals surface area (Å²) >= 11 is 2.32. The Kier molecular flexibility index (Phi) is 7.39. The molecule has 1 aromatic rings. The molecular weight excluding hydrogens is 383 g/mol. The molecule has 0 bridgehead atoms. The van der Waals surface area contributed by atoms with E-state index in [4.69, 9.17) is 9.47 Å². The predicted octanol–water partition coefficient (Wildman–Crippen LogP) is 2.30. The van der Waals surface area contributed by atoms with Gasteiger partial charge in [0.15, 0.2) is 0 Å². The van der Waals surface area contributed by atoms with Crippen molar-refractivity contribution in [1.82, 2.24) is 0 Å². The summed E-state index contributed by atoms with van der Waals surface area (Å²) in [5.41, 5.74) is 1.05. The number of ether oxygens (including phenoxy) is 2. The highest BCUT2D eigenvalue weighted by Crippen LogP contribution is 2.26. The molecule has 1 aromatic carbocycles. The van der Waals surface area contributed by atoms with Crippen LogP contribution in [0.4, 0.5) is 0 Å². The van der Waals surface area contributed by atoms with Crippen LogP contribution in [0.25, 0.3) is 0 Å². The van der Waals surface area contributed by atoms with Gasteiger partial charge in [-0.05, 0) is 24.8 Å². The molecule has 0 spiro atoms. The smallest absolute Gasteiger partial charge is 0.112 e. The molecule has 4 atom stereocenters. The number of rotatable bonds is 7. The van der Waals surface area contributed by atoms with Crippen LogP contribution in [-0.2, 0) is 16.1 Å². The number of aliphatic hydroxyl groups is 2. The Balaban J connectivity index is 1.97. The molecule has 2 N–H and O–H groups in total. The molecule has 4 nitrogen and oxygen atoms in total. The molecule has 0 aliphatic carbocycles. The monoisotopic (exact) mass is 406 g/mol. The van der Waals surface area contributed by atoms with Crippen LogP contribution in [0.1, 0.15) is 24.8 Å². The molecule has 0 saturated carbocycles. The number of hydrogen-bond acceptors (Lipinski definition) is 4. The molecule has 1 aliphatic rings. The minimum Gasteiger partial charge on any atom is -0.394 e. The van der Waals surface area contributed by atoms with Crippen LogP contribution in [0.5, 0.6) is 0 Å². The van der Waals surface area contributed by atoms with Crippen LogP contribution < -0.4 is 0 Å². The first kappa shape index (κ1) is 17.1. The van der Waals surface area contributed by atoms with E-state index < -0.39 is 12.2 Å². The second-order valence-electron chi connectivity index (χ2n) is 5.39. The second-order valence-corrected chi connectivity index (χ2v) is 6.27. The lowest BCUT2D eigenvalue weighted by molar-refractivity contribution is -0.163. The molecule has 118 valence electrons. The van der Waals surface area contributed by atoms with Gasteiger partial charge in [-0.3, -0.25) is 0 Å². The fourth-order valence-corrected chi connectivity index (χ4v) is 3.27. The van der Waals surface area contributed by atoms with Crippen molar-refractivity contribution in [3.63, 3.8) is 0 Å². The summed E-state index contributed by atoms with van der Waals surface area (Å²) < 4.78 is 12.8. The van der Waals surface area contributed by atoms with Gasteiger partial charge < -0.3 is 19.7 Å². The number of hydrogen-bond donors (Lipinski definition) is 2. The van der Waals surface area contributed by atoms with E-state index in [1.54, 1.807) is 0 Å². The third-order valence-corrected chi connectivity index (χ3v) is 4.75. The van der Waals surface area contributed by atoms with Crippen molar-refractivity contribution in [2.75, 3.05) is 11.0 Å². The maximum absolute atomic E-state index is 10.1. The number of aliphatic hydroxyl groups excluding tert-OH is 2. The lowest BCUT2D eigenvalue weighted by Crippen LogP contribution is -2.46. The van der Waals surface area contributed by atoms with Gasteiger partial charge in [-0.2, -0.15) is 0 Å². The lowest BCUT2D eigenvalue weighted by atomic mass is 9.98. The van der Waals surface area contributed by atoms with Crippen LogP contribution in [0.3, 0.4) is 0 Å². The fraction of sp³-hybridized carbons (Fsp3) is 0.625. The Hall–Kier alpha value is -0.210. The van der Waals surface area contributed by atoms with Crippen molar-refractivity contribution in [2.45, 2.75) is 50.3 Å². The predicted molar refractivity (Wildman–Crippen MR) is 89.5 cm³/mol. The average Bonchev–Trinajstić information content (AvgIpc) is 2.56. The van der Waals surface area contributed by atoms with Gasteiger partial charge in [-0.15, -0.1) is 0 Å². The summed E-state index contributed by atoms with van der Waals surface area (Å²) in [6.07, 6.45) is 1.67. The summed E-state index contributed by atoms with van der Waals surface area (Å²) in [6.45, 7) is 0.103. The van der Waals surface area contributed by atoms with Crippen LogP contribution >= 0.6 is 22.6 Å². The van der Waals surface area contributed by atoms with E-state index in [0.717, 1.165) is 29.3 Å². The SMILES string of the molecule is OC[C@H](O)[C@@H](OCc1ccccc1)[C@H]1CCCC(CI)O1. The standard InChI is InChI=1S/C16H23IO4/c17-9-13-7-4-8-15(21-13)16(14(19)10-18)20-11-12-5-2-1-3-6-12/h1-3,5-6,13-16,18-19H,4,7-11H2/t13?,14-,15+,16+/m0/s1. The third kappa shape index (κ3) is 5.17. The van der Waals surface area contributed by atoms with E-state index in [0.29, 0.717) is 6.61 Å². The second kappa shape index (κ2) is 9.05. The van der Waals surface area contributed by atoms with E-state index >= 15 is 0 Å². The average molecular weight is 406 g/mol. The molecule has 1 fully saturated rings. The summed E-state index contributed by atoms with van der Waals surface area (Å²) in [7, 11) is 0. The topological polar surface area (TPSA) is 58.9 Å². The van der Waals surface area contributed by atoms with Crippen LogP contribution in [-0.4, -0.2) is 45.7 Å². The van der Waals surface area contributed by atoms with Gasteiger partial charge in [-0.1, -0.05) is 52.9 Å². The lowest BCUT2D eigenvalue weighted by Gasteiger charge is -2.36. The van der Waals surface area contributed by atoms with Crippen molar-refractivity contribution >= 4 is 22.6 Å². The molecular formula is C16H23IO4. The Morgan fingerprint density at radius 2 is 2.05 bits per heavy atom. The Bertz CT molecular complexity index is 401. The van der Waals surface area contributed by atoms with Crippen LogP contribution in [0.2, 0.25) is 0 Å². The molecule has 1 saturated heterocycles. The summed E-state index contributed by atoms with van der Waals surface area (Å²) in [4.78, 5) is 0. The molecule has 1 aliphatic heterocycles. The van der Waals surface area contributed by atoms with Crippen molar-refractivity contribution in [3.05, 3.63) is 35.9 Å². The van der Waals surface area contributed by atoms with E-state index in [9.17, 15) is 10.2 Å². The van der Waals surface area contributed by atoms with Gasteiger partial charge in [0.2, 0.25) is 0 Å². The van der Waals surface area contributed by atoms with Gasteiger partial charge in [0.05, 0.1) is 25.4 Å². The largest absolute Gasteiger partial charge is 0.394 e. The highest BCUT2D eigenvalue weighted by Gasteiger charge is 2.33. The summed E-state index contributed by atoms with van der Waals surface area (Å²) in [5, 5.41) is 19.3. The van der Waals surface area contributed by atoms with Crippen molar-refractivity contribution in [3.8, 4) is 0 Å². The number of alkyl halides is 1. The van der Waals surface area contributed by atoms with Crippen LogP contribution in [0, 0.1) is 0 Å². The maximum atomic E-state index is 10.1. The Morgan fingerprint density at radius 1 is 1.29 bits per heavy atom. The van der Waals surface area contributed by atoms with E-state index in [1.165, 1.54) is 0 Å². The van der Waals surface area contributed by atoms with Crippen molar-refractivity contribution < 1.29 is 19.7 Å². The normalized spacial score (nSPS) is 25.5.